The predicted octanol–water partition coefficient (Wildman–Crippen LogP) is 3.94. The summed E-state index contributed by atoms with van der Waals surface area (Å²) in [6.07, 6.45) is 0.797. The van der Waals surface area contributed by atoms with Gasteiger partial charge in [0.05, 0.1) is 14.2 Å². The van der Waals surface area contributed by atoms with Crippen LogP contribution in [0.4, 0.5) is 5.69 Å². The first-order valence-corrected chi connectivity index (χ1v) is 7.87. The topological polar surface area (TPSA) is 56.8 Å². The van der Waals surface area contributed by atoms with Gasteiger partial charge in [-0.05, 0) is 30.2 Å². The number of amides is 1. The van der Waals surface area contributed by atoms with Gasteiger partial charge < -0.3 is 19.5 Å². The lowest BCUT2D eigenvalue weighted by Gasteiger charge is -2.11. The van der Waals surface area contributed by atoms with Crippen LogP contribution in [0, 0.1) is 0 Å². The zero-order chi connectivity index (χ0) is 17.5. The van der Waals surface area contributed by atoms with E-state index in [9.17, 15) is 4.79 Å². The molecule has 128 valence electrons. The molecule has 0 fully saturated rings. The first kappa shape index (κ1) is 17.9. The molecule has 0 spiro atoms. The van der Waals surface area contributed by atoms with Crippen LogP contribution in [-0.2, 0) is 11.2 Å². The molecule has 0 aliphatic heterocycles. The fourth-order valence-electron chi connectivity index (χ4n) is 2.14. The van der Waals surface area contributed by atoms with E-state index in [4.69, 9.17) is 25.8 Å². The van der Waals surface area contributed by atoms with Crippen LogP contribution in [0.15, 0.2) is 36.4 Å². The third-order valence-electron chi connectivity index (χ3n) is 3.40. The number of anilines is 1. The molecule has 2 rings (SSSR count). The Hall–Kier alpha value is -2.40. The SMILES string of the molecule is CCc1cc(OCC(=O)Nc2cc(OC)cc(OC)c2)ccc1Cl. The van der Waals surface area contributed by atoms with Gasteiger partial charge in [0.2, 0.25) is 0 Å². The molecule has 0 atom stereocenters. The Labute approximate surface area is 146 Å². The average molecular weight is 350 g/mol. The lowest BCUT2D eigenvalue weighted by Crippen LogP contribution is -2.20. The Morgan fingerprint density at radius 2 is 1.71 bits per heavy atom. The largest absolute Gasteiger partial charge is 0.497 e. The maximum Gasteiger partial charge on any atom is 0.262 e. The Bertz CT molecular complexity index is 696. The van der Waals surface area contributed by atoms with Gasteiger partial charge in [-0.2, -0.15) is 0 Å². The number of hydrogen-bond donors (Lipinski definition) is 1. The van der Waals surface area contributed by atoms with Crippen LogP contribution in [0.2, 0.25) is 5.02 Å². The number of carbonyl (C=O) groups is 1. The molecule has 0 aliphatic rings. The van der Waals surface area contributed by atoms with E-state index in [1.165, 1.54) is 0 Å². The van der Waals surface area contributed by atoms with Gasteiger partial charge in [-0.25, -0.2) is 0 Å². The number of hydrogen-bond acceptors (Lipinski definition) is 4. The Kier molecular flexibility index (Phi) is 6.32. The highest BCUT2D eigenvalue weighted by atomic mass is 35.5. The first-order valence-electron chi connectivity index (χ1n) is 7.49. The summed E-state index contributed by atoms with van der Waals surface area (Å²) in [4.78, 5) is 12.1. The Balaban J connectivity index is 1.98. The van der Waals surface area contributed by atoms with Gasteiger partial charge in [0, 0.05) is 28.9 Å². The zero-order valence-corrected chi connectivity index (χ0v) is 14.6. The van der Waals surface area contributed by atoms with Gasteiger partial charge in [-0.15, -0.1) is 0 Å². The minimum atomic E-state index is -0.279. The quantitative estimate of drug-likeness (QED) is 0.822. The van der Waals surface area contributed by atoms with Crippen molar-refractivity contribution in [3.8, 4) is 17.2 Å². The first-order chi connectivity index (χ1) is 11.5. The van der Waals surface area contributed by atoms with Gasteiger partial charge in [-0.1, -0.05) is 18.5 Å². The molecule has 0 aromatic heterocycles. The third kappa shape index (κ3) is 4.80. The van der Waals surface area contributed by atoms with Crippen LogP contribution < -0.4 is 19.5 Å². The normalized spacial score (nSPS) is 10.2. The van der Waals surface area contributed by atoms with Crippen molar-refractivity contribution in [1.82, 2.24) is 0 Å². The van der Waals surface area contributed by atoms with Crippen molar-refractivity contribution in [3.63, 3.8) is 0 Å². The van der Waals surface area contributed by atoms with Crippen LogP contribution in [0.5, 0.6) is 17.2 Å². The van der Waals surface area contributed by atoms with E-state index in [1.807, 2.05) is 13.0 Å². The van der Waals surface area contributed by atoms with Gasteiger partial charge in [0.15, 0.2) is 6.61 Å². The minimum Gasteiger partial charge on any atom is -0.497 e. The molecule has 5 nitrogen and oxygen atoms in total. The van der Waals surface area contributed by atoms with E-state index < -0.39 is 0 Å². The summed E-state index contributed by atoms with van der Waals surface area (Å²) in [5, 5.41) is 3.44. The average Bonchev–Trinajstić information content (AvgIpc) is 2.60. The van der Waals surface area contributed by atoms with Crippen molar-refractivity contribution in [2.75, 3.05) is 26.1 Å². The molecule has 0 aliphatic carbocycles. The molecule has 2 aromatic rings. The molecule has 0 saturated heterocycles. The lowest BCUT2D eigenvalue weighted by atomic mass is 10.1. The number of methoxy groups -OCH3 is 2. The summed E-state index contributed by atoms with van der Waals surface area (Å²) in [6, 6.07) is 10.5. The summed E-state index contributed by atoms with van der Waals surface area (Å²) >= 11 is 6.06. The number of halogens is 1. The second-order valence-corrected chi connectivity index (χ2v) is 5.45. The molecule has 0 saturated carbocycles. The molecule has 2 aromatic carbocycles. The highest BCUT2D eigenvalue weighted by Crippen LogP contribution is 2.26. The standard InChI is InChI=1S/C18H20ClNO4/c1-4-12-7-14(5-6-17(12)19)24-11-18(21)20-13-8-15(22-2)10-16(9-13)23-3/h5-10H,4,11H2,1-3H3,(H,20,21). The van der Waals surface area contributed by atoms with Crippen molar-refractivity contribution in [3.05, 3.63) is 47.0 Å². The van der Waals surface area contributed by atoms with E-state index in [1.54, 1.807) is 44.6 Å². The molecule has 0 unspecified atom stereocenters. The van der Waals surface area contributed by atoms with E-state index in [0.717, 1.165) is 12.0 Å². The van der Waals surface area contributed by atoms with Crippen molar-refractivity contribution in [2.45, 2.75) is 13.3 Å². The lowest BCUT2D eigenvalue weighted by molar-refractivity contribution is -0.118. The molecular formula is C18H20ClNO4. The molecule has 24 heavy (non-hydrogen) atoms. The summed E-state index contributed by atoms with van der Waals surface area (Å²) in [5.74, 6) is 1.51. The number of benzene rings is 2. The van der Waals surface area contributed by atoms with Crippen molar-refractivity contribution >= 4 is 23.2 Å². The highest BCUT2D eigenvalue weighted by Gasteiger charge is 2.08. The number of nitrogens with one attached hydrogen (secondary N) is 1. The number of aryl methyl sites for hydroxylation is 1. The van der Waals surface area contributed by atoms with Crippen LogP contribution in [0.1, 0.15) is 12.5 Å². The van der Waals surface area contributed by atoms with Crippen molar-refractivity contribution in [2.24, 2.45) is 0 Å². The monoisotopic (exact) mass is 349 g/mol. The highest BCUT2D eigenvalue weighted by molar-refractivity contribution is 6.31. The van der Waals surface area contributed by atoms with Crippen LogP contribution in [0.25, 0.3) is 0 Å². The van der Waals surface area contributed by atoms with E-state index in [2.05, 4.69) is 5.32 Å². The molecular weight excluding hydrogens is 330 g/mol. The molecule has 6 heteroatoms. The maximum absolute atomic E-state index is 12.1. The summed E-state index contributed by atoms with van der Waals surface area (Å²) in [6.45, 7) is 1.90. The summed E-state index contributed by atoms with van der Waals surface area (Å²) in [7, 11) is 3.10. The number of carbonyl (C=O) groups excluding carboxylic acids is 1. The molecule has 1 amide bonds. The van der Waals surface area contributed by atoms with Gasteiger partial charge >= 0.3 is 0 Å². The third-order valence-corrected chi connectivity index (χ3v) is 3.77. The minimum absolute atomic E-state index is 0.107. The van der Waals surface area contributed by atoms with Gasteiger partial charge in [-0.3, -0.25) is 4.79 Å². The Morgan fingerprint density at radius 3 is 2.29 bits per heavy atom. The second-order valence-electron chi connectivity index (χ2n) is 5.04. The van der Waals surface area contributed by atoms with Crippen LogP contribution in [-0.4, -0.2) is 26.7 Å². The number of ether oxygens (including phenoxy) is 3. The molecule has 0 radical (unpaired) electrons. The van der Waals surface area contributed by atoms with Gasteiger partial charge in [0.1, 0.15) is 17.2 Å². The van der Waals surface area contributed by atoms with Gasteiger partial charge in [0.25, 0.3) is 5.91 Å². The van der Waals surface area contributed by atoms with E-state index in [0.29, 0.717) is 28.0 Å². The van der Waals surface area contributed by atoms with E-state index >= 15 is 0 Å². The number of rotatable bonds is 7. The smallest absolute Gasteiger partial charge is 0.262 e. The van der Waals surface area contributed by atoms with Crippen LogP contribution >= 0.6 is 11.6 Å². The fraction of sp³-hybridized carbons (Fsp3) is 0.278. The van der Waals surface area contributed by atoms with Crippen molar-refractivity contribution in [1.29, 1.82) is 0 Å². The van der Waals surface area contributed by atoms with Crippen LogP contribution in [0.3, 0.4) is 0 Å². The molecule has 1 N–H and O–H groups in total. The molecule has 0 bridgehead atoms. The fourth-order valence-corrected chi connectivity index (χ4v) is 2.39. The summed E-state index contributed by atoms with van der Waals surface area (Å²) in [5.41, 5.74) is 1.55. The summed E-state index contributed by atoms with van der Waals surface area (Å²) < 4.78 is 15.9. The predicted molar refractivity (Wildman–Crippen MR) is 94.5 cm³/mol. The second kappa shape index (κ2) is 8.45. The van der Waals surface area contributed by atoms with E-state index in [-0.39, 0.29) is 12.5 Å². The maximum atomic E-state index is 12.1. The molecule has 0 heterocycles. The Morgan fingerprint density at radius 1 is 1.04 bits per heavy atom. The zero-order valence-electron chi connectivity index (χ0n) is 13.9. The van der Waals surface area contributed by atoms with Crippen molar-refractivity contribution < 1.29 is 19.0 Å².